The molecule has 2 aromatic heterocycles. The van der Waals surface area contributed by atoms with Crippen molar-refractivity contribution in [2.75, 3.05) is 5.73 Å². The van der Waals surface area contributed by atoms with Gasteiger partial charge in [-0.3, -0.25) is 13.9 Å². The van der Waals surface area contributed by atoms with E-state index < -0.39 is 56.2 Å². The molecule has 1 aliphatic heterocycles. The fourth-order valence-electron chi connectivity index (χ4n) is 5.13. The molecule has 5 N–H and O–H groups in total. The van der Waals surface area contributed by atoms with Crippen molar-refractivity contribution in [2.45, 2.75) is 88.7 Å². The highest BCUT2D eigenvalue weighted by molar-refractivity contribution is 7.52. The fraction of sp³-hybridized carbons (Fsp3) is 0.538. The number of carbonyl (C=O) groups excluding carboxylic acids is 1. The normalized spacial score (nSPS) is 25.7. The Balaban J connectivity index is 1.35. The van der Waals surface area contributed by atoms with Gasteiger partial charge in [0, 0.05) is 6.07 Å². The Morgan fingerprint density at radius 1 is 1.21 bits per heavy atom. The highest BCUT2D eigenvalue weighted by atomic mass is 35.5. The largest absolute Gasteiger partial charge is 0.461 e. The molecule has 43 heavy (non-hydrogen) atoms. The summed E-state index contributed by atoms with van der Waals surface area (Å²) in [6.45, 7) is 2.88. The molecule has 7 atom stereocenters. The SMILES string of the molecule is CC(NP(=O)(Oc1ccc(F)c(Cl)c1)OC(C)C1OC(n2cnc3c(N)ncnc32)C(O)C1O)C(=O)OC1CCCCC1. The molecule has 3 heterocycles. The van der Waals surface area contributed by atoms with E-state index in [1.807, 2.05) is 0 Å². The standard InChI is InChI=1S/C26H33ClFN6O8P/c1-13(26(37)39-15-6-4-3-5-7-15)33-43(38,42-16-8-9-18(28)17(27)10-16)41-14(2)22-20(35)21(36)25(40-22)34-12-32-19-23(29)30-11-31-24(19)34/h8-15,20-22,25,35-36H,3-7H2,1-2H3,(H,33,38)(H2,29,30,31). The predicted molar refractivity (Wildman–Crippen MR) is 151 cm³/mol. The zero-order chi connectivity index (χ0) is 30.9. The molecule has 0 amide bonds. The number of nitrogen functional groups attached to an aromatic ring is 1. The van der Waals surface area contributed by atoms with Gasteiger partial charge in [-0.25, -0.2) is 23.9 Å². The number of aliphatic hydroxyl groups is 2. The monoisotopic (exact) mass is 642 g/mol. The minimum atomic E-state index is -4.48. The van der Waals surface area contributed by atoms with Crippen LogP contribution in [0.4, 0.5) is 10.2 Å². The highest BCUT2D eigenvalue weighted by Gasteiger charge is 2.49. The van der Waals surface area contributed by atoms with Crippen molar-refractivity contribution in [2.24, 2.45) is 0 Å². The Labute approximate surface area is 251 Å². The Morgan fingerprint density at radius 2 is 1.95 bits per heavy atom. The maximum absolute atomic E-state index is 14.1. The lowest BCUT2D eigenvalue weighted by Gasteiger charge is -2.29. The first-order valence-corrected chi connectivity index (χ1v) is 15.7. The van der Waals surface area contributed by atoms with Gasteiger partial charge in [0.05, 0.1) is 17.5 Å². The first-order chi connectivity index (χ1) is 20.5. The molecule has 0 spiro atoms. The molecule has 5 rings (SSSR count). The molecule has 234 valence electrons. The van der Waals surface area contributed by atoms with E-state index in [9.17, 15) is 24.0 Å². The number of rotatable bonds is 10. The van der Waals surface area contributed by atoms with Crippen molar-refractivity contribution in [1.29, 1.82) is 0 Å². The van der Waals surface area contributed by atoms with Crippen molar-refractivity contribution in [3.8, 4) is 5.75 Å². The molecule has 2 fully saturated rings. The van der Waals surface area contributed by atoms with Crippen LogP contribution in [0.2, 0.25) is 5.02 Å². The van der Waals surface area contributed by atoms with Crippen LogP contribution in [0.5, 0.6) is 5.75 Å². The minimum absolute atomic E-state index is 0.116. The van der Waals surface area contributed by atoms with E-state index in [2.05, 4.69) is 20.0 Å². The molecular weight excluding hydrogens is 610 g/mol. The van der Waals surface area contributed by atoms with Crippen LogP contribution in [0.25, 0.3) is 11.2 Å². The topological polar surface area (TPSA) is 193 Å². The van der Waals surface area contributed by atoms with Crippen LogP contribution in [0.1, 0.15) is 52.2 Å². The van der Waals surface area contributed by atoms with Gasteiger partial charge in [-0.15, -0.1) is 0 Å². The summed E-state index contributed by atoms with van der Waals surface area (Å²) in [5, 5.41) is 24.0. The summed E-state index contributed by atoms with van der Waals surface area (Å²) < 4.78 is 52.3. The number of nitrogens with two attached hydrogens (primary N) is 1. The second-order valence-electron chi connectivity index (χ2n) is 10.6. The van der Waals surface area contributed by atoms with Gasteiger partial charge in [-0.1, -0.05) is 18.0 Å². The molecule has 14 nitrogen and oxygen atoms in total. The smallest absolute Gasteiger partial charge is 0.459 e. The van der Waals surface area contributed by atoms with Crippen molar-refractivity contribution < 1.29 is 42.5 Å². The van der Waals surface area contributed by atoms with Crippen LogP contribution >= 0.6 is 19.3 Å². The fourth-order valence-corrected chi connectivity index (χ4v) is 6.98. The lowest BCUT2D eigenvalue weighted by atomic mass is 9.98. The number of hydrogen-bond acceptors (Lipinski definition) is 12. The van der Waals surface area contributed by atoms with Gasteiger partial charge < -0.3 is 29.9 Å². The number of hydrogen-bond donors (Lipinski definition) is 4. The number of anilines is 1. The van der Waals surface area contributed by atoms with Gasteiger partial charge in [0.15, 0.2) is 17.7 Å². The zero-order valence-corrected chi connectivity index (χ0v) is 25.0. The van der Waals surface area contributed by atoms with Crippen LogP contribution in [-0.4, -0.2) is 72.3 Å². The number of fused-ring (bicyclic) bond motifs is 1. The summed E-state index contributed by atoms with van der Waals surface area (Å²) in [6.07, 6.45) is 0.141. The summed E-state index contributed by atoms with van der Waals surface area (Å²) >= 11 is 5.88. The zero-order valence-electron chi connectivity index (χ0n) is 23.4. The number of imidazole rings is 1. The quantitative estimate of drug-likeness (QED) is 0.186. The van der Waals surface area contributed by atoms with Crippen LogP contribution < -0.4 is 15.3 Å². The van der Waals surface area contributed by atoms with E-state index in [-0.39, 0.29) is 33.9 Å². The van der Waals surface area contributed by atoms with Crippen molar-refractivity contribution in [3.63, 3.8) is 0 Å². The molecule has 2 aliphatic rings. The van der Waals surface area contributed by atoms with Crippen LogP contribution in [0, 0.1) is 5.82 Å². The van der Waals surface area contributed by atoms with Gasteiger partial charge >= 0.3 is 13.7 Å². The molecule has 17 heteroatoms. The Morgan fingerprint density at radius 3 is 2.67 bits per heavy atom. The van der Waals surface area contributed by atoms with E-state index in [0.29, 0.717) is 0 Å². The second-order valence-corrected chi connectivity index (χ2v) is 12.6. The minimum Gasteiger partial charge on any atom is -0.461 e. The van der Waals surface area contributed by atoms with Gasteiger partial charge in [0.1, 0.15) is 53.9 Å². The van der Waals surface area contributed by atoms with E-state index in [1.165, 1.54) is 37.1 Å². The summed E-state index contributed by atoms with van der Waals surface area (Å²) in [5.74, 6) is -1.39. The van der Waals surface area contributed by atoms with E-state index in [0.717, 1.165) is 44.2 Å². The third-order valence-corrected chi connectivity index (χ3v) is 9.42. The average Bonchev–Trinajstić information content (AvgIpc) is 3.52. The molecule has 7 unspecified atom stereocenters. The van der Waals surface area contributed by atoms with E-state index in [4.69, 9.17) is 35.9 Å². The molecule has 0 radical (unpaired) electrons. The van der Waals surface area contributed by atoms with Crippen LogP contribution in [0.3, 0.4) is 0 Å². The van der Waals surface area contributed by atoms with E-state index in [1.54, 1.807) is 0 Å². The third-order valence-electron chi connectivity index (χ3n) is 7.36. The number of ether oxygens (including phenoxy) is 2. The second kappa shape index (κ2) is 13.0. The third kappa shape index (κ3) is 6.93. The Hall–Kier alpha value is -2.91. The first-order valence-electron chi connectivity index (χ1n) is 13.8. The molecule has 3 aromatic rings. The van der Waals surface area contributed by atoms with Crippen molar-refractivity contribution in [3.05, 3.63) is 41.7 Å². The van der Waals surface area contributed by atoms with Crippen LogP contribution in [-0.2, 0) is 23.4 Å². The Bertz CT molecular complexity index is 1510. The number of nitrogens with zero attached hydrogens (tertiary/aromatic N) is 4. The predicted octanol–water partition coefficient (Wildman–Crippen LogP) is 3.27. The highest BCUT2D eigenvalue weighted by Crippen LogP contribution is 2.48. The van der Waals surface area contributed by atoms with Gasteiger partial charge in [-0.05, 0) is 51.7 Å². The summed E-state index contributed by atoms with van der Waals surface area (Å²) in [6, 6.07) is 2.16. The van der Waals surface area contributed by atoms with Crippen LogP contribution in [0.15, 0.2) is 30.9 Å². The number of carbonyl (C=O) groups is 1. The number of esters is 1. The first kappa shape index (κ1) is 31.5. The summed E-state index contributed by atoms with van der Waals surface area (Å²) in [7, 11) is -4.48. The number of aliphatic hydroxyl groups excluding tert-OH is 2. The number of halogens is 2. The van der Waals surface area contributed by atoms with Gasteiger partial charge in [-0.2, -0.15) is 5.09 Å². The maximum atomic E-state index is 14.1. The maximum Gasteiger partial charge on any atom is 0.459 e. The summed E-state index contributed by atoms with van der Waals surface area (Å²) in [5.41, 5.74) is 6.39. The number of aromatic nitrogens is 4. The van der Waals surface area contributed by atoms with Gasteiger partial charge in [0.2, 0.25) is 0 Å². The lowest BCUT2D eigenvalue weighted by molar-refractivity contribution is -0.152. The summed E-state index contributed by atoms with van der Waals surface area (Å²) in [4.78, 5) is 25.0. The molecule has 1 saturated carbocycles. The lowest BCUT2D eigenvalue weighted by Crippen LogP contribution is -2.41. The molecule has 1 saturated heterocycles. The number of nitrogens with one attached hydrogen (secondary N) is 1. The molecule has 0 bridgehead atoms. The number of benzene rings is 1. The molecule has 1 aromatic carbocycles. The molecule has 1 aliphatic carbocycles. The average molecular weight is 643 g/mol. The molecular formula is C26H33ClFN6O8P. The van der Waals surface area contributed by atoms with Gasteiger partial charge in [0.25, 0.3) is 0 Å². The van der Waals surface area contributed by atoms with Crippen molar-refractivity contribution in [1.82, 2.24) is 24.6 Å². The van der Waals surface area contributed by atoms with E-state index >= 15 is 0 Å². The van der Waals surface area contributed by atoms with Crippen molar-refractivity contribution >= 4 is 42.3 Å². The Kier molecular flexibility index (Phi) is 9.52.